The van der Waals surface area contributed by atoms with Gasteiger partial charge in [0, 0.05) is 31.7 Å². The molecule has 1 heterocycles. The van der Waals surface area contributed by atoms with Crippen LogP contribution in [0.5, 0.6) is 11.5 Å². The van der Waals surface area contributed by atoms with Crippen LogP contribution >= 0.6 is 11.6 Å². The third-order valence-electron chi connectivity index (χ3n) is 5.20. The molecular weight excluding hydrogens is 379 g/mol. The number of aryl methyl sites for hydroxylation is 1. The molecule has 1 aliphatic heterocycles. The number of halogens is 2. The number of methoxy groups -OCH3 is 1. The van der Waals surface area contributed by atoms with Crippen LogP contribution in [-0.4, -0.2) is 56.7 Å². The maximum atomic E-state index is 14.0. The molecule has 0 aromatic heterocycles. The minimum absolute atomic E-state index is 0.0621. The van der Waals surface area contributed by atoms with E-state index in [4.69, 9.17) is 21.1 Å². The molecule has 2 aromatic rings. The molecular formula is C22H28ClFN2O2. The van der Waals surface area contributed by atoms with Gasteiger partial charge < -0.3 is 19.3 Å². The molecule has 1 aliphatic rings. The first kappa shape index (κ1) is 20.9. The normalized spacial score (nSPS) is 15.6. The molecule has 152 valence electrons. The molecule has 0 saturated carbocycles. The number of hydrogen-bond acceptors (Lipinski definition) is 4. The van der Waals surface area contributed by atoms with E-state index in [2.05, 4.69) is 22.9 Å². The second-order valence-corrected chi connectivity index (χ2v) is 7.63. The Labute approximate surface area is 171 Å². The number of hydrogen-bond donors (Lipinski definition) is 0. The molecule has 1 fully saturated rings. The van der Waals surface area contributed by atoms with E-state index in [0.717, 1.165) is 45.6 Å². The molecule has 0 aliphatic carbocycles. The molecule has 28 heavy (non-hydrogen) atoms. The molecule has 0 N–H and O–H groups in total. The molecule has 0 radical (unpaired) electrons. The van der Waals surface area contributed by atoms with Gasteiger partial charge in [-0.3, -0.25) is 0 Å². The molecule has 2 aromatic carbocycles. The van der Waals surface area contributed by atoms with E-state index in [1.54, 1.807) is 19.2 Å². The molecule has 0 atom stereocenters. The lowest BCUT2D eigenvalue weighted by atomic mass is 10.1. The van der Waals surface area contributed by atoms with Gasteiger partial charge in [-0.2, -0.15) is 0 Å². The Kier molecular flexibility index (Phi) is 7.54. The van der Waals surface area contributed by atoms with Crippen molar-refractivity contribution in [2.45, 2.75) is 19.4 Å². The first-order valence-corrected chi connectivity index (χ1v) is 10.1. The summed E-state index contributed by atoms with van der Waals surface area (Å²) in [5.41, 5.74) is 1.54. The van der Waals surface area contributed by atoms with Crippen LogP contribution in [0.15, 0.2) is 36.4 Å². The van der Waals surface area contributed by atoms with Gasteiger partial charge in [-0.1, -0.05) is 23.7 Å². The van der Waals surface area contributed by atoms with Gasteiger partial charge in [0.05, 0.1) is 12.1 Å². The van der Waals surface area contributed by atoms with E-state index in [1.807, 2.05) is 12.1 Å². The summed E-state index contributed by atoms with van der Waals surface area (Å²) in [6.07, 6.45) is 2.06. The predicted molar refractivity (Wildman–Crippen MR) is 111 cm³/mol. The van der Waals surface area contributed by atoms with E-state index in [1.165, 1.54) is 11.6 Å². The summed E-state index contributed by atoms with van der Waals surface area (Å²) in [5.74, 6) is 0.879. The van der Waals surface area contributed by atoms with Crippen molar-refractivity contribution in [1.82, 2.24) is 9.80 Å². The second kappa shape index (κ2) is 10.1. The highest BCUT2D eigenvalue weighted by molar-refractivity contribution is 6.31. The van der Waals surface area contributed by atoms with Crippen LogP contribution in [0, 0.1) is 5.82 Å². The van der Waals surface area contributed by atoms with Crippen molar-refractivity contribution >= 4 is 11.6 Å². The van der Waals surface area contributed by atoms with E-state index in [0.29, 0.717) is 22.1 Å². The van der Waals surface area contributed by atoms with Crippen LogP contribution in [0.3, 0.4) is 0 Å². The minimum atomic E-state index is -0.366. The number of ether oxygens (including phenoxy) is 2. The number of piperazine rings is 1. The highest BCUT2D eigenvalue weighted by Gasteiger charge is 2.14. The quantitative estimate of drug-likeness (QED) is 0.654. The zero-order valence-electron chi connectivity index (χ0n) is 16.6. The van der Waals surface area contributed by atoms with E-state index < -0.39 is 0 Å². The maximum Gasteiger partial charge on any atom is 0.161 e. The van der Waals surface area contributed by atoms with Crippen molar-refractivity contribution in [3.05, 3.63) is 58.4 Å². The molecule has 6 heteroatoms. The number of rotatable bonds is 8. The van der Waals surface area contributed by atoms with Crippen LogP contribution in [-0.2, 0) is 13.0 Å². The van der Waals surface area contributed by atoms with Crippen LogP contribution in [0.1, 0.15) is 17.5 Å². The third kappa shape index (κ3) is 5.60. The van der Waals surface area contributed by atoms with Crippen molar-refractivity contribution in [3.8, 4) is 11.5 Å². The Morgan fingerprint density at radius 3 is 2.57 bits per heavy atom. The first-order chi connectivity index (χ1) is 13.6. The summed E-state index contributed by atoms with van der Waals surface area (Å²) in [4.78, 5) is 4.88. The Hall–Kier alpha value is -1.82. The average Bonchev–Trinajstić information content (AvgIpc) is 2.69. The van der Waals surface area contributed by atoms with Crippen molar-refractivity contribution < 1.29 is 13.9 Å². The molecule has 3 rings (SSSR count). The largest absolute Gasteiger partial charge is 0.493 e. The van der Waals surface area contributed by atoms with Gasteiger partial charge in [0.1, 0.15) is 12.4 Å². The van der Waals surface area contributed by atoms with E-state index in [9.17, 15) is 4.39 Å². The lowest BCUT2D eigenvalue weighted by molar-refractivity contribution is 0.153. The van der Waals surface area contributed by atoms with E-state index >= 15 is 0 Å². The molecule has 4 nitrogen and oxygen atoms in total. The summed E-state index contributed by atoms with van der Waals surface area (Å²) in [6, 6.07) is 10.6. The number of benzene rings is 2. The summed E-state index contributed by atoms with van der Waals surface area (Å²) in [6.45, 7) is 5.71. The second-order valence-electron chi connectivity index (χ2n) is 7.22. The summed E-state index contributed by atoms with van der Waals surface area (Å²) in [5, 5.41) is 0.363. The van der Waals surface area contributed by atoms with Crippen molar-refractivity contribution in [1.29, 1.82) is 0 Å². The molecule has 0 bridgehead atoms. The highest BCUT2D eigenvalue weighted by Crippen LogP contribution is 2.30. The van der Waals surface area contributed by atoms with Crippen LogP contribution in [0.25, 0.3) is 0 Å². The van der Waals surface area contributed by atoms with Crippen molar-refractivity contribution in [2.24, 2.45) is 0 Å². The zero-order chi connectivity index (χ0) is 19.9. The van der Waals surface area contributed by atoms with Crippen LogP contribution < -0.4 is 9.47 Å². The lowest BCUT2D eigenvalue weighted by Crippen LogP contribution is -2.44. The van der Waals surface area contributed by atoms with Crippen LogP contribution in [0.2, 0.25) is 5.02 Å². The van der Waals surface area contributed by atoms with Gasteiger partial charge in [-0.05, 0) is 56.3 Å². The lowest BCUT2D eigenvalue weighted by Gasteiger charge is -2.32. The van der Waals surface area contributed by atoms with Gasteiger partial charge in [0.15, 0.2) is 11.5 Å². The van der Waals surface area contributed by atoms with Crippen molar-refractivity contribution in [2.75, 3.05) is 46.9 Å². The Morgan fingerprint density at radius 2 is 1.86 bits per heavy atom. The Balaban J connectivity index is 1.58. The molecule has 0 spiro atoms. The maximum absolute atomic E-state index is 14.0. The van der Waals surface area contributed by atoms with Gasteiger partial charge >= 0.3 is 0 Å². The SMILES string of the molecule is COc1ccc(CCCN2CCN(C)CC2)cc1OCc1c(F)cccc1Cl. The van der Waals surface area contributed by atoms with E-state index in [-0.39, 0.29) is 12.4 Å². The molecule has 1 saturated heterocycles. The van der Waals surface area contributed by atoms with Crippen LogP contribution in [0.4, 0.5) is 4.39 Å². The van der Waals surface area contributed by atoms with Gasteiger partial charge in [0.2, 0.25) is 0 Å². The number of likely N-dealkylation sites (N-methyl/N-ethyl adjacent to an activating group) is 1. The first-order valence-electron chi connectivity index (χ1n) is 9.70. The van der Waals surface area contributed by atoms with Crippen molar-refractivity contribution in [3.63, 3.8) is 0 Å². The zero-order valence-corrected chi connectivity index (χ0v) is 17.3. The molecule has 0 unspecified atom stereocenters. The highest BCUT2D eigenvalue weighted by atomic mass is 35.5. The fourth-order valence-electron chi connectivity index (χ4n) is 3.39. The number of nitrogens with zero attached hydrogens (tertiary/aromatic N) is 2. The average molecular weight is 407 g/mol. The van der Waals surface area contributed by atoms with Gasteiger partial charge in [0.25, 0.3) is 0 Å². The summed E-state index contributed by atoms with van der Waals surface area (Å²) >= 11 is 6.09. The summed E-state index contributed by atoms with van der Waals surface area (Å²) in [7, 11) is 3.77. The van der Waals surface area contributed by atoms with Gasteiger partial charge in [-0.15, -0.1) is 0 Å². The topological polar surface area (TPSA) is 24.9 Å². The fourth-order valence-corrected chi connectivity index (χ4v) is 3.61. The fraction of sp³-hybridized carbons (Fsp3) is 0.455. The smallest absolute Gasteiger partial charge is 0.161 e. The van der Waals surface area contributed by atoms with Gasteiger partial charge in [-0.25, -0.2) is 4.39 Å². The Morgan fingerprint density at radius 1 is 1.07 bits per heavy atom. The standard InChI is InChI=1S/C22H28ClFN2O2/c1-25-11-13-26(14-12-25)10-4-5-17-8-9-21(27-2)22(15-17)28-16-18-19(23)6-3-7-20(18)24/h3,6-9,15H,4-5,10-14,16H2,1-2H3. The Bertz CT molecular complexity index is 759. The predicted octanol–water partition coefficient (Wildman–Crippen LogP) is 4.25. The summed E-state index contributed by atoms with van der Waals surface area (Å²) < 4.78 is 25.2. The monoisotopic (exact) mass is 406 g/mol. The minimum Gasteiger partial charge on any atom is -0.493 e. The molecule has 0 amide bonds. The third-order valence-corrected chi connectivity index (χ3v) is 5.55.